The van der Waals surface area contributed by atoms with Crippen LogP contribution in [0.4, 0.5) is 16.8 Å². The highest BCUT2D eigenvalue weighted by molar-refractivity contribution is 7.17. The number of nitrogens with one attached hydrogen (secondary N) is 3. The van der Waals surface area contributed by atoms with Gasteiger partial charge < -0.3 is 32.3 Å². The van der Waals surface area contributed by atoms with Crippen LogP contribution >= 0.6 is 11.3 Å². The van der Waals surface area contributed by atoms with Gasteiger partial charge in [-0.05, 0) is 31.4 Å². The standard InChI is InChI=1S/C17H22N6O6S/c18-13-8(14(26)23-17(19)22-13)2-1-7-20-11-5-4-10(30-11)15(27)21-9(16(28)29)3-6-12(24)25/h4-5,9,20H,1-3,6-7H2,(H,21,27)(H,24,25)(H,28,29)(H5,18,19,22,23,26). The van der Waals surface area contributed by atoms with Gasteiger partial charge in [0.05, 0.1) is 15.4 Å². The second-order valence-corrected chi connectivity index (χ2v) is 7.39. The van der Waals surface area contributed by atoms with Gasteiger partial charge in [-0.3, -0.25) is 19.4 Å². The number of nitrogens with zero attached hydrogens (tertiary/aromatic N) is 1. The second-order valence-electron chi connectivity index (χ2n) is 6.31. The number of carbonyl (C=O) groups excluding carboxylic acids is 1. The molecule has 0 bridgehead atoms. The Morgan fingerprint density at radius 2 is 1.97 bits per heavy atom. The van der Waals surface area contributed by atoms with E-state index in [9.17, 15) is 19.2 Å². The van der Waals surface area contributed by atoms with Crippen molar-refractivity contribution >= 4 is 45.9 Å². The molecule has 2 rings (SSSR count). The maximum absolute atomic E-state index is 12.2. The lowest BCUT2D eigenvalue weighted by Gasteiger charge is -2.12. The zero-order valence-corrected chi connectivity index (χ0v) is 16.6. The molecular weight excluding hydrogens is 416 g/mol. The number of hydrogen-bond acceptors (Lipinski definition) is 9. The number of nitrogen functional groups attached to an aromatic ring is 2. The first kappa shape index (κ1) is 22.7. The zero-order valence-electron chi connectivity index (χ0n) is 15.8. The SMILES string of the molecule is Nc1nc(N)c(CCCNc2ccc(C(=O)NC(CCC(=O)O)C(=O)O)s2)c(=O)[nH]1. The van der Waals surface area contributed by atoms with Crippen molar-refractivity contribution in [1.82, 2.24) is 15.3 Å². The zero-order chi connectivity index (χ0) is 22.3. The van der Waals surface area contributed by atoms with Gasteiger partial charge in [0.25, 0.3) is 11.5 Å². The highest BCUT2D eigenvalue weighted by atomic mass is 32.1. The number of aromatic nitrogens is 2. The summed E-state index contributed by atoms with van der Waals surface area (Å²) in [6.45, 7) is 0.487. The molecule has 0 radical (unpaired) electrons. The largest absolute Gasteiger partial charge is 0.481 e. The summed E-state index contributed by atoms with van der Waals surface area (Å²) in [7, 11) is 0. The summed E-state index contributed by atoms with van der Waals surface area (Å²) in [5.41, 5.74) is 11.1. The first-order valence-electron chi connectivity index (χ1n) is 8.90. The first-order chi connectivity index (χ1) is 14.2. The van der Waals surface area contributed by atoms with Crippen molar-refractivity contribution in [2.75, 3.05) is 23.3 Å². The summed E-state index contributed by atoms with van der Waals surface area (Å²) in [6, 6.07) is 1.91. The van der Waals surface area contributed by atoms with Crippen LogP contribution in [0.1, 0.15) is 34.5 Å². The minimum absolute atomic E-state index is 0.0446. The minimum Gasteiger partial charge on any atom is -0.481 e. The third-order valence-corrected chi connectivity index (χ3v) is 5.09. The fourth-order valence-electron chi connectivity index (χ4n) is 2.56. The van der Waals surface area contributed by atoms with Crippen molar-refractivity contribution in [3.05, 3.63) is 32.9 Å². The van der Waals surface area contributed by atoms with Crippen molar-refractivity contribution in [2.24, 2.45) is 0 Å². The molecule has 13 heteroatoms. The van der Waals surface area contributed by atoms with Crippen LogP contribution < -0.4 is 27.7 Å². The fraction of sp³-hybridized carbons (Fsp3) is 0.353. The number of nitrogens with two attached hydrogens (primary N) is 2. The van der Waals surface area contributed by atoms with Gasteiger partial charge in [0.1, 0.15) is 11.9 Å². The van der Waals surface area contributed by atoms with Crippen LogP contribution in [0.2, 0.25) is 0 Å². The molecular formula is C17H22N6O6S. The topological polar surface area (TPSA) is 214 Å². The number of aliphatic carboxylic acids is 2. The minimum atomic E-state index is -1.30. The number of aromatic amines is 1. The summed E-state index contributed by atoms with van der Waals surface area (Å²) < 4.78 is 0. The molecule has 0 saturated carbocycles. The van der Waals surface area contributed by atoms with E-state index in [1.165, 1.54) is 6.07 Å². The molecule has 0 saturated heterocycles. The Balaban J connectivity index is 1.86. The molecule has 0 aliphatic carbocycles. The van der Waals surface area contributed by atoms with Gasteiger partial charge in [-0.25, -0.2) is 4.79 Å². The molecule has 2 aromatic heterocycles. The predicted octanol–water partition coefficient (Wildman–Crippen LogP) is 0.0883. The third-order valence-electron chi connectivity index (χ3n) is 4.05. The molecule has 1 unspecified atom stereocenters. The van der Waals surface area contributed by atoms with E-state index in [1.807, 2.05) is 0 Å². The highest BCUT2D eigenvalue weighted by Gasteiger charge is 2.22. The molecule has 30 heavy (non-hydrogen) atoms. The van der Waals surface area contributed by atoms with Crippen molar-refractivity contribution in [1.29, 1.82) is 0 Å². The van der Waals surface area contributed by atoms with Crippen molar-refractivity contribution in [2.45, 2.75) is 31.7 Å². The first-order valence-corrected chi connectivity index (χ1v) is 9.72. The number of anilines is 3. The van der Waals surface area contributed by atoms with Crippen molar-refractivity contribution in [3.8, 4) is 0 Å². The smallest absolute Gasteiger partial charge is 0.326 e. The monoisotopic (exact) mass is 438 g/mol. The van der Waals surface area contributed by atoms with Gasteiger partial charge in [-0.1, -0.05) is 0 Å². The quantitative estimate of drug-likeness (QED) is 0.235. The Labute approximate surface area is 174 Å². The Bertz CT molecular complexity index is 987. The van der Waals surface area contributed by atoms with Crippen LogP contribution in [0, 0.1) is 0 Å². The van der Waals surface area contributed by atoms with Crippen LogP contribution in [0.5, 0.6) is 0 Å². The summed E-state index contributed by atoms with van der Waals surface area (Å²) in [5.74, 6) is -3.00. The van der Waals surface area contributed by atoms with Crippen LogP contribution in [0.15, 0.2) is 16.9 Å². The maximum Gasteiger partial charge on any atom is 0.326 e. The van der Waals surface area contributed by atoms with E-state index >= 15 is 0 Å². The van der Waals surface area contributed by atoms with Crippen molar-refractivity contribution in [3.63, 3.8) is 0 Å². The number of carbonyl (C=O) groups is 3. The average molecular weight is 438 g/mol. The van der Waals surface area contributed by atoms with Gasteiger partial charge in [-0.2, -0.15) is 4.98 Å². The summed E-state index contributed by atoms with van der Waals surface area (Å²) in [6.07, 6.45) is 0.360. The summed E-state index contributed by atoms with van der Waals surface area (Å²) in [4.78, 5) is 52.3. The third kappa shape index (κ3) is 6.48. The molecule has 2 aromatic rings. The van der Waals surface area contributed by atoms with E-state index in [-0.39, 0.29) is 35.0 Å². The van der Waals surface area contributed by atoms with E-state index in [1.54, 1.807) is 6.07 Å². The molecule has 1 amide bonds. The van der Waals surface area contributed by atoms with Gasteiger partial charge in [0.2, 0.25) is 5.95 Å². The molecule has 162 valence electrons. The molecule has 0 aliphatic rings. The maximum atomic E-state index is 12.2. The molecule has 0 aliphatic heterocycles. The van der Waals surface area contributed by atoms with E-state index in [0.717, 1.165) is 11.3 Å². The number of rotatable bonds is 11. The molecule has 1 atom stereocenters. The fourth-order valence-corrected chi connectivity index (χ4v) is 3.40. The molecule has 12 nitrogen and oxygen atoms in total. The van der Waals surface area contributed by atoms with Crippen LogP contribution in [-0.2, 0) is 16.0 Å². The predicted molar refractivity (Wildman–Crippen MR) is 111 cm³/mol. The molecule has 0 spiro atoms. The number of carboxylic acids is 2. The lowest BCUT2D eigenvalue weighted by atomic mass is 10.1. The number of thiophene rings is 1. The Morgan fingerprint density at radius 3 is 2.60 bits per heavy atom. The lowest BCUT2D eigenvalue weighted by molar-refractivity contribution is -0.140. The van der Waals surface area contributed by atoms with Gasteiger partial charge >= 0.3 is 11.9 Å². The number of amides is 1. The Kier molecular flexibility index (Phi) is 7.75. The molecule has 0 aromatic carbocycles. The van der Waals surface area contributed by atoms with E-state index in [4.69, 9.17) is 21.7 Å². The Morgan fingerprint density at radius 1 is 1.23 bits per heavy atom. The summed E-state index contributed by atoms with van der Waals surface area (Å²) >= 11 is 1.12. The van der Waals surface area contributed by atoms with Crippen molar-refractivity contribution < 1.29 is 24.6 Å². The number of carboxylic acid groups (broad SMARTS) is 2. The van der Waals surface area contributed by atoms with Crippen LogP contribution in [-0.4, -0.2) is 50.6 Å². The average Bonchev–Trinajstić information content (AvgIpc) is 3.12. The molecule has 2 heterocycles. The van der Waals surface area contributed by atoms with Crippen LogP contribution in [0.25, 0.3) is 0 Å². The van der Waals surface area contributed by atoms with E-state index in [0.29, 0.717) is 30.0 Å². The van der Waals surface area contributed by atoms with Gasteiger partial charge in [-0.15, -0.1) is 11.3 Å². The second kappa shape index (κ2) is 10.2. The van der Waals surface area contributed by atoms with Crippen LogP contribution in [0.3, 0.4) is 0 Å². The van der Waals surface area contributed by atoms with Gasteiger partial charge in [0.15, 0.2) is 0 Å². The van der Waals surface area contributed by atoms with E-state index in [2.05, 4.69) is 20.6 Å². The highest BCUT2D eigenvalue weighted by Crippen LogP contribution is 2.22. The lowest BCUT2D eigenvalue weighted by Crippen LogP contribution is -2.40. The molecule has 0 fully saturated rings. The van der Waals surface area contributed by atoms with Gasteiger partial charge in [0, 0.05) is 13.0 Å². The molecule has 9 N–H and O–H groups in total. The number of hydrogen-bond donors (Lipinski definition) is 7. The normalized spacial score (nSPS) is 11.6. The summed E-state index contributed by atoms with van der Waals surface area (Å²) in [5, 5.41) is 23.9. The van der Waals surface area contributed by atoms with E-state index < -0.39 is 23.9 Å². The number of H-pyrrole nitrogens is 1. The Hall–Kier alpha value is -3.61.